The van der Waals surface area contributed by atoms with Gasteiger partial charge in [-0.25, -0.2) is 4.18 Å². The maximum atomic E-state index is 10.3. The smallest absolute Gasteiger partial charge is 0.264 e. The minimum atomic E-state index is -4.67. The van der Waals surface area contributed by atoms with Crippen molar-refractivity contribution in [1.29, 1.82) is 0 Å². The van der Waals surface area contributed by atoms with E-state index >= 15 is 0 Å². The summed E-state index contributed by atoms with van der Waals surface area (Å²) in [5.41, 5.74) is 0. The molecule has 28 heavy (non-hydrogen) atoms. The molecular weight excluding hydrogens is 408 g/mol. The van der Waals surface area contributed by atoms with Gasteiger partial charge in [-0.15, -0.1) is 0 Å². The van der Waals surface area contributed by atoms with E-state index in [2.05, 4.69) is 23.3 Å². The van der Waals surface area contributed by atoms with E-state index in [-0.39, 0.29) is 6.61 Å². The summed E-state index contributed by atoms with van der Waals surface area (Å²) < 4.78 is 64.9. The topological polar surface area (TPSA) is 138 Å². The molecule has 0 aliphatic carbocycles. The molecule has 0 radical (unpaired) electrons. The lowest BCUT2D eigenvalue weighted by atomic mass is 10.1. The van der Waals surface area contributed by atoms with Crippen LogP contribution in [0.2, 0.25) is 0 Å². The van der Waals surface area contributed by atoms with Crippen LogP contribution in [-0.2, 0) is 25.0 Å². The Hall–Kier alpha value is -0.520. The van der Waals surface area contributed by atoms with Crippen molar-refractivity contribution in [2.75, 3.05) is 6.61 Å². The Morgan fingerprint density at radius 3 is 1.39 bits per heavy atom. The monoisotopic (exact) mass is 446 g/mol. The van der Waals surface area contributed by atoms with Crippen molar-refractivity contribution < 1.29 is 34.7 Å². The molecular formula is C18H38O8S2. The second-order valence-electron chi connectivity index (χ2n) is 6.64. The zero-order valence-electron chi connectivity index (χ0n) is 17.0. The third kappa shape index (κ3) is 40.2. The molecule has 0 spiro atoms. The van der Waals surface area contributed by atoms with Crippen molar-refractivity contribution in [3.05, 3.63) is 12.2 Å². The van der Waals surface area contributed by atoms with Crippen molar-refractivity contribution in [1.82, 2.24) is 0 Å². The lowest BCUT2D eigenvalue weighted by Gasteiger charge is -2.01. The average Bonchev–Trinajstić information content (AvgIpc) is 2.55. The summed E-state index contributed by atoms with van der Waals surface area (Å²) >= 11 is 0. The van der Waals surface area contributed by atoms with Gasteiger partial charge >= 0.3 is 20.8 Å². The Bertz CT molecular complexity index is 548. The van der Waals surface area contributed by atoms with E-state index in [0.29, 0.717) is 6.42 Å². The molecule has 0 fully saturated rings. The van der Waals surface area contributed by atoms with Crippen LogP contribution in [0, 0.1) is 0 Å². The molecule has 10 heteroatoms. The second-order valence-corrected chi connectivity index (χ2v) is 8.62. The predicted octanol–water partition coefficient (Wildman–Crippen LogP) is 5.19. The van der Waals surface area contributed by atoms with E-state index in [9.17, 15) is 8.42 Å². The number of unbranched alkanes of at least 4 members (excludes halogenated alkanes) is 12. The van der Waals surface area contributed by atoms with E-state index in [1.165, 1.54) is 70.6 Å². The summed E-state index contributed by atoms with van der Waals surface area (Å²) in [5, 5.41) is 0. The molecule has 0 saturated heterocycles. The Morgan fingerprint density at radius 1 is 0.643 bits per heavy atom. The third-order valence-electron chi connectivity index (χ3n) is 3.89. The van der Waals surface area contributed by atoms with Crippen molar-refractivity contribution in [2.24, 2.45) is 0 Å². The molecule has 0 rings (SSSR count). The second kappa shape index (κ2) is 19.8. The van der Waals surface area contributed by atoms with Gasteiger partial charge in [0.15, 0.2) is 0 Å². The summed E-state index contributed by atoms with van der Waals surface area (Å²) in [4.78, 5) is 0. The molecule has 0 heterocycles. The molecule has 0 unspecified atom stereocenters. The van der Waals surface area contributed by atoms with Crippen molar-refractivity contribution in [3.8, 4) is 0 Å². The zero-order valence-corrected chi connectivity index (χ0v) is 18.6. The molecule has 0 atom stereocenters. The van der Waals surface area contributed by atoms with Crippen LogP contribution in [0.25, 0.3) is 0 Å². The van der Waals surface area contributed by atoms with Gasteiger partial charge in [0.2, 0.25) is 0 Å². The quantitative estimate of drug-likeness (QED) is 0.158. The molecule has 0 aliphatic rings. The highest BCUT2D eigenvalue weighted by Gasteiger charge is 2.02. The first kappa shape index (κ1) is 29.7. The van der Waals surface area contributed by atoms with E-state index in [1.807, 2.05) is 0 Å². The molecule has 170 valence electrons. The van der Waals surface area contributed by atoms with Gasteiger partial charge in [0.25, 0.3) is 0 Å². The third-order valence-corrected chi connectivity index (χ3v) is 4.35. The molecule has 0 aromatic rings. The van der Waals surface area contributed by atoms with Crippen LogP contribution in [0.4, 0.5) is 0 Å². The maximum Gasteiger partial charge on any atom is 0.397 e. The van der Waals surface area contributed by atoms with Gasteiger partial charge in [0.05, 0.1) is 6.61 Å². The first-order valence-corrected chi connectivity index (χ1v) is 12.8. The Kier molecular flexibility index (Phi) is 21.0. The van der Waals surface area contributed by atoms with Gasteiger partial charge in [0.1, 0.15) is 0 Å². The van der Waals surface area contributed by atoms with Crippen LogP contribution < -0.4 is 0 Å². The number of allylic oxidation sites excluding steroid dienone is 2. The van der Waals surface area contributed by atoms with Crippen molar-refractivity contribution >= 4 is 20.8 Å². The highest BCUT2D eigenvalue weighted by Crippen LogP contribution is 2.10. The van der Waals surface area contributed by atoms with Crippen molar-refractivity contribution in [3.63, 3.8) is 0 Å². The number of hydrogen-bond donors (Lipinski definition) is 3. The summed E-state index contributed by atoms with van der Waals surface area (Å²) in [6.45, 7) is 2.33. The molecule has 0 aromatic heterocycles. The summed E-state index contributed by atoms with van der Waals surface area (Å²) in [7, 11) is -8.92. The van der Waals surface area contributed by atoms with Crippen molar-refractivity contribution in [2.45, 2.75) is 96.8 Å². The fourth-order valence-electron chi connectivity index (χ4n) is 2.51. The molecule has 0 bridgehead atoms. The van der Waals surface area contributed by atoms with E-state index in [1.54, 1.807) is 0 Å². The fraction of sp³-hybridized carbons (Fsp3) is 0.889. The van der Waals surface area contributed by atoms with Crippen LogP contribution in [-0.4, -0.2) is 37.1 Å². The van der Waals surface area contributed by atoms with Crippen LogP contribution >= 0.6 is 0 Å². The Labute approximate surface area is 171 Å². The maximum absolute atomic E-state index is 10.3. The average molecular weight is 447 g/mol. The van der Waals surface area contributed by atoms with E-state index in [0.717, 1.165) is 12.8 Å². The number of hydrogen-bond acceptors (Lipinski definition) is 5. The summed E-state index contributed by atoms with van der Waals surface area (Å²) in [5.74, 6) is 0. The Balaban J connectivity index is 0. The van der Waals surface area contributed by atoms with Crippen LogP contribution in [0.5, 0.6) is 0 Å². The fourth-order valence-corrected chi connectivity index (χ4v) is 2.84. The normalized spacial score (nSPS) is 12.1. The first-order valence-electron chi connectivity index (χ1n) is 10.0. The summed E-state index contributed by atoms with van der Waals surface area (Å²) in [6, 6.07) is 0. The van der Waals surface area contributed by atoms with Gasteiger partial charge in [-0.05, 0) is 32.1 Å². The minimum Gasteiger partial charge on any atom is -0.264 e. The molecule has 8 nitrogen and oxygen atoms in total. The zero-order chi connectivity index (χ0) is 21.7. The van der Waals surface area contributed by atoms with Gasteiger partial charge in [-0.2, -0.15) is 16.8 Å². The van der Waals surface area contributed by atoms with Crippen LogP contribution in [0.3, 0.4) is 0 Å². The van der Waals surface area contributed by atoms with Gasteiger partial charge in [0, 0.05) is 0 Å². The lowest BCUT2D eigenvalue weighted by Crippen LogP contribution is -2.04. The molecule has 0 aromatic carbocycles. The predicted molar refractivity (Wildman–Crippen MR) is 111 cm³/mol. The van der Waals surface area contributed by atoms with E-state index < -0.39 is 20.8 Å². The highest BCUT2D eigenvalue weighted by atomic mass is 32.3. The van der Waals surface area contributed by atoms with Crippen LogP contribution in [0.15, 0.2) is 12.2 Å². The highest BCUT2D eigenvalue weighted by molar-refractivity contribution is 7.80. The van der Waals surface area contributed by atoms with Gasteiger partial charge in [-0.3, -0.25) is 13.7 Å². The SMILES string of the molecule is CCCCCCCC/C=C\CCCCCCCCOS(=O)(=O)O.O=S(=O)(O)O. The minimum absolute atomic E-state index is 0.0833. The molecule has 0 aliphatic heterocycles. The molecule has 0 amide bonds. The molecule has 3 N–H and O–H groups in total. The lowest BCUT2D eigenvalue weighted by molar-refractivity contribution is 0.261. The van der Waals surface area contributed by atoms with Gasteiger partial charge < -0.3 is 0 Å². The van der Waals surface area contributed by atoms with Gasteiger partial charge in [-0.1, -0.05) is 76.9 Å². The standard InChI is InChI=1S/C18H36O4S.H2O4S/c1-2-3-4-5-6-7-8-9-10-11-12-13-14-15-16-17-18-22-23(19,20)21;1-5(2,3)4/h9-10H,2-8,11-18H2,1H3,(H,19,20,21);(H2,1,2,3,4)/b10-9-;. The largest absolute Gasteiger partial charge is 0.397 e. The molecule has 0 saturated carbocycles. The van der Waals surface area contributed by atoms with E-state index in [4.69, 9.17) is 22.1 Å². The Morgan fingerprint density at radius 2 is 1.00 bits per heavy atom. The summed E-state index contributed by atoms with van der Waals surface area (Å²) in [6.07, 6.45) is 21.5. The first-order chi connectivity index (χ1) is 13.1. The van der Waals surface area contributed by atoms with Crippen LogP contribution in [0.1, 0.15) is 96.8 Å². The number of rotatable bonds is 17.